The first-order valence-electron chi connectivity index (χ1n) is 12.6. The lowest BCUT2D eigenvalue weighted by molar-refractivity contribution is -0.131. The van der Waals surface area contributed by atoms with Crippen LogP contribution in [-0.2, 0) is 4.79 Å². The zero-order valence-corrected chi connectivity index (χ0v) is 20.8. The zero-order chi connectivity index (χ0) is 25.4. The number of amides is 1. The highest BCUT2D eigenvalue weighted by Gasteiger charge is 2.24. The Morgan fingerprint density at radius 3 is 2.89 bits per heavy atom. The molecule has 6 rings (SSSR count). The van der Waals surface area contributed by atoms with Crippen LogP contribution in [0.5, 0.6) is 11.5 Å². The van der Waals surface area contributed by atoms with Crippen LogP contribution in [0.15, 0.2) is 59.1 Å². The number of aromatic nitrogens is 4. The number of oxazole rings is 1. The second-order valence-electron chi connectivity index (χ2n) is 9.35. The van der Waals surface area contributed by atoms with Crippen LogP contribution >= 0.6 is 0 Å². The molecule has 188 valence electrons. The molecule has 2 aromatic carbocycles. The molecule has 9 nitrogen and oxygen atoms in total. The predicted octanol–water partition coefficient (Wildman–Crippen LogP) is 5.68. The van der Waals surface area contributed by atoms with Crippen LogP contribution in [0.1, 0.15) is 31.7 Å². The Morgan fingerprint density at radius 1 is 1.22 bits per heavy atom. The van der Waals surface area contributed by atoms with Crippen LogP contribution in [0.3, 0.4) is 0 Å². The van der Waals surface area contributed by atoms with Crippen molar-refractivity contribution >= 4 is 33.9 Å². The minimum absolute atomic E-state index is 0.114. The SMILES string of the molecule is CCC(=O)N1CCC[C@@H](Nc2n[nH]c3nccc(Oc4ccc(-c5nc6cccc(C)c6o5)cc4)c23)C1. The summed E-state index contributed by atoms with van der Waals surface area (Å²) in [6, 6.07) is 15.5. The Labute approximate surface area is 213 Å². The van der Waals surface area contributed by atoms with E-state index < -0.39 is 0 Å². The van der Waals surface area contributed by atoms with E-state index in [2.05, 4.69) is 25.5 Å². The van der Waals surface area contributed by atoms with E-state index in [-0.39, 0.29) is 11.9 Å². The van der Waals surface area contributed by atoms with E-state index in [0.29, 0.717) is 41.8 Å². The van der Waals surface area contributed by atoms with Crippen molar-refractivity contribution in [1.29, 1.82) is 0 Å². The van der Waals surface area contributed by atoms with E-state index >= 15 is 0 Å². The molecular weight excluding hydrogens is 468 g/mol. The number of carbonyl (C=O) groups is 1. The van der Waals surface area contributed by atoms with E-state index in [1.807, 2.05) is 67.3 Å². The van der Waals surface area contributed by atoms with Crippen LogP contribution in [0, 0.1) is 6.92 Å². The fourth-order valence-corrected chi connectivity index (χ4v) is 4.85. The quantitative estimate of drug-likeness (QED) is 0.311. The number of pyridine rings is 1. The summed E-state index contributed by atoms with van der Waals surface area (Å²) in [5, 5.41) is 11.7. The molecule has 9 heteroatoms. The highest BCUT2D eigenvalue weighted by molar-refractivity contribution is 5.93. The van der Waals surface area contributed by atoms with Gasteiger partial charge in [-0.25, -0.2) is 9.97 Å². The van der Waals surface area contributed by atoms with Crippen LogP contribution in [0.4, 0.5) is 5.82 Å². The second kappa shape index (κ2) is 9.57. The fourth-order valence-electron chi connectivity index (χ4n) is 4.85. The van der Waals surface area contributed by atoms with Gasteiger partial charge in [-0.3, -0.25) is 9.89 Å². The molecule has 1 saturated heterocycles. The number of rotatable bonds is 6. The van der Waals surface area contributed by atoms with Gasteiger partial charge < -0.3 is 19.4 Å². The number of fused-ring (bicyclic) bond motifs is 2. The summed E-state index contributed by atoms with van der Waals surface area (Å²) in [6.07, 6.45) is 4.14. The Hall–Kier alpha value is -4.40. The molecule has 0 unspecified atom stereocenters. The van der Waals surface area contributed by atoms with Crippen LogP contribution in [-0.4, -0.2) is 50.1 Å². The van der Waals surface area contributed by atoms with Crippen LogP contribution < -0.4 is 10.1 Å². The second-order valence-corrected chi connectivity index (χ2v) is 9.35. The minimum atomic E-state index is 0.114. The number of H-pyrrole nitrogens is 1. The number of hydrogen-bond donors (Lipinski definition) is 2. The lowest BCUT2D eigenvalue weighted by Gasteiger charge is -2.33. The van der Waals surface area contributed by atoms with Crippen LogP contribution in [0.2, 0.25) is 0 Å². The molecule has 3 aromatic heterocycles. The average Bonchev–Trinajstić information content (AvgIpc) is 3.55. The number of anilines is 1. The van der Waals surface area contributed by atoms with Gasteiger partial charge in [0, 0.05) is 43.4 Å². The lowest BCUT2D eigenvalue weighted by Crippen LogP contribution is -2.44. The molecule has 0 bridgehead atoms. The summed E-state index contributed by atoms with van der Waals surface area (Å²) >= 11 is 0. The molecule has 0 spiro atoms. The maximum absolute atomic E-state index is 12.2. The van der Waals surface area contributed by atoms with Gasteiger partial charge in [-0.15, -0.1) is 0 Å². The number of nitrogens with one attached hydrogen (secondary N) is 2. The molecule has 1 atom stereocenters. The number of hydrogen-bond acceptors (Lipinski definition) is 7. The molecule has 4 heterocycles. The standard InChI is InChI=1S/C28H28N6O3/c1-3-23(35)34-15-5-7-19(16-34)30-27-24-22(13-14-29-26(24)32-33-27)36-20-11-9-18(10-12-20)28-31-21-8-4-6-17(2)25(21)37-28/h4,6,8-14,19H,3,5,7,15-16H2,1-2H3,(H2,29,30,32,33)/t19-/m1/s1. The molecule has 0 aliphatic carbocycles. The van der Waals surface area contributed by atoms with Gasteiger partial charge >= 0.3 is 0 Å². The summed E-state index contributed by atoms with van der Waals surface area (Å²) in [4.78, 5) is 23.1. The van der Waals surface area contributed by atoms with Crippen molar-refractivity contribution in [2.24, 2.45) is 0 Å². The van der Waals surface area contributed by atoms with Crippen molar-refractivity contribution in [3.8, 4) is 23.0 Å². The van der Waals surface area contributed by atoms with Gasteiger partial charge in [0.2, 0.25) is 11.8 Å². The number of likely N-dealkylation sites (tertiary alicyclic amines) is 1. The maximum atomic E-state index is 12.2. The Kier molecular flexibility index (Phi) is 5.96. The number of benzene rings is 2. The van der Waals surface area contributed by atoms with E-state index in [1.165, 1.54) is 0 Å². The van der Waals surface area contributed by atoms with Crippen molar-refractivity contribution in [2.45, 2.75) is 39.2 Å². The largest absolute Gasteiger partial charge is 0.456 e. The molecular formula is C28H28N6O3. The van der Waals surface area contributed by atoms with Crippen molar-refractivity contribution in [3.05, 3.63) is 60.3 Å². The lowest BCUT2D eigenvalue weighted by atomic mass is 10.1. The normalized spacial score (nSPS) is 15.8. The molecule has 1 aliphatic heterocycles. The summed E-state index contributed by atoms with van der Waals surface area (Å²) in [7, 11) is 0. The Bertz CT molecular complexity index is 1570. The first-order chi connectivity index (χ1) is 18.1. The van der Waals surface area contributed by atoms with Gasteiger partial charge in [-0.05, 0) is 55.7 Å². The number of nitrogens with zero attached hydrogens (tertiary/aromatic N) is 4. The first-order valence-corrected chi connectivity index (χ1v) is 12.6. The summed E-state index contributed by atoms with van der Waals surface area (Å²) in [6.45, 7) is 5.38. The van der Waals surface area contributed by atoms with Crippen molar-refractivity contribution < 1.29 is 13.9 Å². The average molecular weight is 497 g/mol. The third-order valence-corrected chi connectivity index (χ3v) is 6.78. The van der Waals surface area contributed by atoms with Gasteiger partial charge in [0.15, 0.2) is 17.0 Å². The number of aromatic amines is 1. The van der Waals surface area contributed by atoms with Gasteiger partial charge in [-0.2, -0.15) is 5.10 Å². The van der Waals surface area contributed by atoms with Crippen molar-refractivity contribution in [1.82, 2.24) is 25.1 Å². The molecule has 2 N–H and O–H groups in total. The highest BCUT2D eigenvalue weighted by atomic mass is 16.5. The van der Waals surface area contributed by atoms with E-state index in [9.17, 15) is 4.79 Å². The maximum Gasteiger partial charge on any atom is 0.227 e. The van der Waals surface area contributed by atoms with Gasteiger partial charge in [0.1, 0.15) is 22.4 Å². The molecule has 0 saturated carbocycles. The van der Waals surface area contributed by atoms with Gasteiger partial charge in [0.05, 0.1) is 0 Å². The van der Waals surface area contributed by atoms with Gasteiger partial charge in [-0.1, -0.05) is 19.1 Å². The zero-order valence-electron chi connectivity index (χ0n) is 20.8. The minimum Gasteiger partial charge on any atom is -0.456 e. The molecule has 1 fully saturated rings. The number of piperidine rings is 1. The smallest absolute Gasteiger partial charge is 0.227 e. The number of ether oxygens (including phenoxy) is 1. The number of aryl methyl sites for hydroxylation is 1. The summed E-state index contributed by atoms with van der Waals surface area (Å²) in [5.41, 5.74) is 4.21. The number of para-hydroxylation sites is 1. The molecule has 37 heavy (non-hydrogen) atoms. The third kappa shape index (κ3) is 4.48. The van der Waals surface area contributed by atoms with Crippen LogP contribution in [0.25, 0.3) is 33.6 Å². The molecule has 1 aliphatic rings. The van der Waals surface area contributed by atoms with Crippen molar-refractivity contribution in [3.63, 3.8) is 0 Å². The van der Waals surface area contributed by atoms with E-state index in [1.54, 1.807) is 6.20 Å². The molecule has 0 radical (unpaired) electrons. The third-order valence-electron chi connectivity index (χ3n) is 6.78. The molecule has 5 aromatic rings. The fraction of sp³-hybridized carbons (Fsp3) is 0.286. The predicted molar refractivity (Wildman–Crippen MR) is 142 cm³/mol. The Balaban J connectivity index is 1.23. The van der Waals surface area contributed by atoms with Gasteiger partial charge in [0.25, 0.3) is 0 Å². The Morgan fingerprint density at radius 2 is 2.08 bits per heavy atom. The molecule has 1 amide bonds. The highest BCUT2D eigenvalue weighted by Crippen LogP contribution is 2.34. The number of carbonyl (C=O) groups excluding carboxylic acids is 1. The van der Waals surface area contributed by atoms with Crippen molar-refractivity contribution in [2.75, 3.05) is 18.4 Å². The monoisotopic (exact) mass is 496 g/mol. The first kappa shape index (κ1) is 23.0. The summed E-state index contributed by atoms with van der Waals surface area (Å²) in [5.74, 6) is 2.75. The topological polar surface area (TPSA) is 109 Å². The van der Waals surface area contributed by atoms with E-state index in [4.69, 9.17) is 9.15 Å². The summed E-state index contributed by atoms with van der Waals surface area (Å²) < 4.78 is 12.3. The van der Waals surface area contributed by atoms with E-state index in [0.717, 1.165) is 47.0 Å².